The molecule has 2 N–H and O–H groups in total. The number of aryl methyl sites for hydroxylation is 2. The molecule has 0 bridgehead atoms. The third-order valence-corrected chi connectivity index (χ3v) is 3.00. The van der Waals surface area contributed by atoms with E-state index in [1.54, 1.807) is 19.2 Å². The molecule has 0 aliphatic rings. The minimum Gasteiger partial charge on any atom is -0.769 e. The molecule has 6 heteroatoms. The van der Waals surface area contributed by atoms with Crippen LogP contribution < -0.4 is 10.6 Å². The van der Waals surface area contributed by atoms with Gasteiger partial charge in [0.1, 0.15) is 0 Å². The van der Waals surface area contributed by atoms with Crippen LogP contribution in [0.5, 0.6) is 0 Å². The molecule has 0 fully saturated rings. The highest BCUT2D eigenvalue weighted by molar-refractivity contribution is 7.82. The van der Waals surface area contributed by atoms with Crippen molar-refractivity contribution in [2.75, 3.05) is 11.9 Å². The van der Waals surface area contributed by atoms with Crippen LogP contribution in [0.25, 0.3) is 6.08 Å². The van der Waals surface area contributed by atoms with Gasteiger partial charge in [0.25, 0.3) is 0 Å². The van der Waals surface area contributed by atoms with Gasteiger partial charge in [-0.05, 0) is 65.2 Å². The van der Waals surface area contributed by atoms with Crippen molar-refractivity contribution >= 4 is 28.9 Å². The quantitative estimate of drug-likeness (QED) is 0.845. The zero-order chi connectivity index (χ0) is 13.9. The van der Waals surface area contributed by atoms with Crippen molar-refractivity contribution in [3.05, 3.63) is 34.2 Å². The zero-order valence-electron chi connectivity index (χ0n) is 10.5. The monoisotopic (exact) mass is 267 g/mol. The molecule has 2 amide bonds. The molecule has 1 aromatic rings. The maximum atomic E-state index is 11.1. The molecule has 1 atom stereocenters. The van der Waals surface area contributed by atoms with Crippen LogP contribution in [0.1, 0.15) is 16.7 Å². The van der Waals surface area contributed by atoms with E-state index < -0.39 is 17.1 Å². The van der Waals surface area contributed by atoms with E-state index in [2.05, 4.69) is 0 Å². The Morgan fingerprint density at radius 1 is 1.39 bits per heavy atom. The summed E-state index contributed by atoms with van der Waals surface area (Å²) in [6.45, 7) is 3.69. The lowest BCUT2D eigenvalue weighted by molar-refractivity contribution is 0.255. The summed E-state index contributed by atoms with van der Waals surface area (Å²) in [6.07, 6.45) is 1.53. The fraction of sp³-hybridized carbons (Fsp3) is 0.250. The summed E-state index contributed by atoms with van der Waals surface area (Å²) < 4.78 is 21.0. The predicted molar refractivity (Wildman–Crippen MR) is 71.9 cm³/mol. The van der Waals surface area contributed by atoms with Gasteiger partial charge in [-0.2, -0.15) is 0 Å². The number of urea groups is 1. The van der Waals surface area contributed by atoms with Crippen molar-refractivity contribution in [1.82, 2.24) is 0 Å². The maximum Gasteiger partial charge on any atom is 0.318 e. The third-order valence-electron chi connectivity index (χ3n) is 2.64. The first kappa shape index (κ1) is 14.4. The summed E-state index contributed by atoms with van der Waals surface area (Å²) in [7, 11) is 1.58. The Hall–Kier alpha value is -1.66. The van der Waals surface area contributed by atoms with Gasteiger partial charge in [0, 0.05) is 12.7 Å². The summed E-state index contributed by atoms with van der Waals surface area (Å²) in [4.78, 5) is 12.4. The molecule has 1 aromatic carbocycles. The molecule has 1 rings (SSSR count). The largest absolute Gasteiger partial charge is 0.769 e. The standard InChI is InChI=1S/C12H16N2O3S/c1-8-6-10(14(3)12(13)15)7-9(2)11(8)4-5-18(16)17/h4-7H,1-3H3,(H2,13,15)(H,16,17)/p-1/b5-4+. The van der Waals surface area contributed by atoms with Crippen LogP contribution in [0, 0.1) is 13.8 Å². The summed E-state index contributed by atoms with van der Waals surface area (Å²) in [6, 6.07) is 3.02. The van der Waals surface area contributed by atoms with Crippen LogP contribution in [0.2, 0.25) is 0 Å². The Morgan fingerprint density at radius 3 is 2.28 bits per heavy atom. The van der Waals surface area contributed by atoms with E-state index in [9.17, 15) is 13.6 Å². The van der Waals surface area contributed by atoms with Crippen LogP contribution in [0.4, 0.5) is 10.5 Å². The number of hydrogen-bond acceptors (Lipinski definition) is 3. The van der Waals surface area contributed by atoms with Gasteiger partial charge in [-0.1, -0.05) is 0 Å². The highest BCUT2D eigenvalue weighted by Crippen LogP contribution is 2.23. The van der Waals surface area contributed by atoms with Gasteiger partial charge in [0.05, 0.1) is 0 Å². The minimum atomic E-state index is -2.22. The first-order chi connectivity index (χ1) is 8.32. The summed E-state index contributed by atoms with van der Waals surface area (Å²) in [5, 5.41) is 1.09. The lowest BCUT2D eigenvalue weighted by Gasteiger charge is -2.17. The maximum absolute atomic E-state index is 11.1. The second kappa shape index (κ2) is 5.79. The molecular weight excluding hydrogens is 252 g/mol. The summed E-state index contributed by atoms with van der Waals surface area (Å²) >= 11 is -2.22. The number of nitrogens with zero attached hydrogens (tertiary/aromatic N) is 1. The normalized spacial score (nSPS) is 12.7. The zero-order valence-corrected chi connectivity index (χ0v) is 11.3. The van der Waals surface area contributed by atoms with E-state index in [0.29, 0.717) is 5.69 Å². The van der Waals surface area contributed by atoms with Gasteiger partial charge in [-0.3, -0.25) is 9.11 Å². The van der Waals surface area contributed by atoms with Crippen molar-refractivity contribution in [3.63, 3.8) is 0 Å². The Balaban J connectivity index is 3.20. The molecule has 0 aliphatic heterocycles. The lowest BCUT2D eigenvalue weighted by atomic mass is 10.0. The second-order valence-corrected chi connectivity index (χ2v) is 4.75. The molecular formula is C12H15N2O3S-. The third kappa shape index (κ3) is 3.41. The molecule has 1 unspecified atom stereocenters. The molecule has 0 aromatic heterocycles. The number of amides is 2. The van der Waals surface area contributed by atoms with Crippen molar-refractivity contribution in [1.29, 1.82) is 0 Å². The van der Waals surface area contributed by atoms with Gasteiger partial charge in [-0.25, -0.2) is 4.79 Å². The Labute approximate surface area is 109 Å². The minimum absolute atomic E-state index is 0.544. The van der Waals surface area contributed by atoms with Gasteiger partial charge in [0.15, 0.2) is 0 Å². The second-order valence-electron chi connectivity index (χ2n) is 3.95. The molecule has 0 radical (unpaired) electrons. The number of anilines is 1. The molecule has 98 valence electrons. The van der Waals surface area contributed by atoms with Gasteiger partial charge in [-0.15, -0.1) is 0 Å². The number of primary amides is 1. The fourth-order valence-electron chi connectivity index (χ4n) is 1.66. The smallest absolute Gasteiger partial charge is 0.318 e. The van der Waals surface area contributed by atoms with Crippen LogP contribution in [-0.4, -0.2) is 21.8 Å². The number of carbonyl (C=O) groups is 1. The number of benzene rings is 1. The van der Waals surface area contributed by atoms with Crippen LogP contribution >= 0.6 is 0 Å². The van der Waals surface area contributed by atoms with E-state index >= 15 is 0 Å². The lowest BCUT2D eigenvalue weighted by Crippen LogP contribution is -2.31. The average Bonchev–Trinajstić information content (AvgIpc) is 2.26. The number of hydrogen-bond donors (Lipinski definition) is 1. The molecule has 18 heavy (non-hydrogen) atoms. The topological polar surface area (TPSA) is 86.5 Å². The number of carbonyl (C=O) groups excluding carboxylic acids is 1. The predicted octanol–water partition coefficient (Wildman–Crippen LogP) is 1.67. The molecule has 0 spiro atoms. The first-order valence-electron chi connectivity index (χ1n) is 5.23. The van der Waals surface area contributed by atoms with Crippen LogP contribution in [0.3, 0.4) is 0 Å². The van der Waals surface area contributed by atoms with Crippen LogP contribution in [-0.2, 0) is 11.1 Å². The van der Waals surface area contributed by atoms with Crippen molar-refractivity contribution < 1.29 is 13.6 Å². The Kier molecular flexibility index (Phi) is 4.63. The van der Waals surface area contributed by atoms with Crippen molar-refractivity contribution in [2.45, 2.75) is 13.8 Å². The van der Waals surface area contributed by atoms with Gasteiger partial charge in [0.2, 0.25) is 0 Å². The van der Waals surface area contributed by atoms with Crippen LogP contribution in [0.15, 0.2) is 17.5 Å². The molecule has 0 aliphatic carbocycles. The van der Waals surface area contributed by atoms with E-state index in [1.165, 1.54) is 11.0 Å². The highest BCUT2D eigenvalue weighted by atomic mass is 32.2. The molecule has 5 nitrogen and oxygen atoms in total. The first-order valence-corrected chi connectivity index (χ1v) is 6.37. The van der Waals surface area contributed by atoms with Crippen molar-refractivity contribution in [2.24, 2.45) is 5.73 Å². The molecule has 0 saturated heterocycles. The number of nitrogens with two attached hydrogens (primary N) is 1. The molecule has 0 saturated carbocycles. The van der Waals surface area contributed by atoms with E-state index in [-0.39, 0.29) is 0 Å². The SMILES string of the molecule is Cc1cc(N(C)C(N)=O)cc(C)c1/C=C/S(=O)[O-]. The van der Waals surface area contributed by atoms with E-state index in [1.807, 2.05) is 13.8 Å². The Morgan fingerprint density at radius 2 is 1.89 bits per heavy atom. The van der Waals surface area contributed by atoms with Crippen molar-refractivity contribution in [3.8, 4) is 0 Å². The summed E-state index contributed by atoms with van der Waals surface area (Å²) in [5.41, 5.74) is 8.44. The highest BCUT2D eigenvalue weighted by Gasteiger charge is 2.09. The molecule has 0 heterocycles. The van der Waals surface area contributed by atoms with E-state index in [4.69, 9.17) is 5.73 Å². The average molecular weight is 267 g/mol. The number of rotatable bonds is 3. The Bertz CT molecular complexity index is 503. The van der Waals surface area contributed by atoms with Gasteiger partial charge < -0.3 is 10.3 Å². The van der Waals surface area contributed by atoms with Gasteiger partial charge >= 0.3 is 6.03 Å². The fourth-order valence-corrected chi connectivity index (χ4v) is 1.91. The van der Waals surface area contributed by atoms with E-state index in [0.717, 1.165) is 22.1 Å². The summed E-state index contributed by atoms with van der Waals surface area (Å²) in [5.74, 6) is 0.